The molecule has 0 spiro atoms. The van der Waals surface area contributed by atoms with Gasteiger partial charge >= 0.3 is 0 Å². The third-order valence-electron chi connectivity index (χ3n) is 2.54. The van der Waals surface area contributed by atoms with Gasteiger partial charge in [0.05, 0.1) is 6.10 Å². The Morgan fingerprint density at radius 3 is 2.70 bits per heavy atom. The van der Waals surface area contributed by atoms with Crippen molar-refractivity contribution in [2.75, 3.05) is 18.5 Å². The summed E-state index contributed by atoms with van der Waals surface area (Å²) in [7, 11) is 0. The van der Waals surface area contributed by atoms with Crippen LogP contribution in [0.4, 0.5) is 5.82 Å². The molecule has 1 heterocycles. The molecule has 20 heavy (non-hydrogen) atoms. The molecule has 6 heteroatoms. The summed E-state index contributed by atoms with van der Waals surface area (Å²) in [6, 6.07) is 1.64. The second-order valence-corrected chi connectivity index (χ2v) is 6.32. The number of ether oxygens (including phenoxy) is 1. The second-order valence-electron chi connectivity index (χ2n) is 5.93. The summed E-state index contributed by atoms with van der Waals surface area (Å²) < 4.78 is 5.26. The molecule has 0 aliphatic carbocycles. The van der Waals surface area contributed by atoms with E-state index < -0.39 is 6.10 Å². The lowest BCUT2D eigenvalue weighted by Gasteiger charge is -2.22. The molecule has 0 amide bonds. The molecule has 0 aliphatic rings. The minimum atomic E-state index is -0.431. The highest BCUT2D eigenvalue weighted by molar-refractivity contribution is 6.29. The molecule has 114 valence electrons. The van der Waals surface area contributed by atoms with Gasteiger partial charge in [-0.15, -0.1) is 0 Å². The van der Waals surface area contributed by atoms with Gasteiger partial charge in [-0.05, 0) is 18.8 Å². The third kappa shape index (κ3) is 7.03. The van der Waals surface area contributed by atoms with Crippen molar-refractivity contribution in [3.8, 4) is 0 Å². The predicted molar refractivity (Wildman–Crippen MR) is 80.9 cm³/mol. The Balaban J connectivity index is 2.56. The number of rotatable bonds is 7. The van der Waals surface area contributed by atoms with E-state index in [-0.39, 0.29) is 5.41 Å². The number of nitrogens with zero attached hydrogens (tertiary/aromatic N) is 2. The molecule has 0 radical (unpaired) electrons. The summed E-state index contributed by atoms with van der Waals surface area (Å²) in [5.74, 6) is 1.14. The summed E-state index contributed by atoms with van der Waals surface area (Å²) >= 11 is 5.94. The average Bonchev–Trinajstić information content (AvgIpc) is 2.31. The molecular weight excluding hydrogens is 278 g/mol. The van der Waals surface area contributed by atoms with Gasteiger partial charge < -0.3 is 15.2 Å². The number of aromatic nitrogens is 2. The first-order valence-corrected chi connectivity index (χ1v) is 7.21. The minimum absolute atomic E-state index is 0.0878. The zero-order valence-electron chi connectivity index (χ0n) is 12.6. The SMILES string of the molecule is CCOCc1nc(Cl)cc(NCC(O)CC(C)(C)C)n1. The first-order valence-electron chi connectivity index (χ1n) is 6.83. The molecule has 0 aliphatic heterocycles. The summed E-state index contributed by atoms with van der Waals surface area (Å²) in [6.45, 7) is 9.55. The molecule has 0 aromatic carbocycles. The van der Waals surface area contributed by atoms with E-state index in [4.69, 9.17) is 16.3 Å². The van der Waals surface area contributed by atoms with E-state index in [1.165, 1.54) is 0 Å². The molecule has 0 bridgehead atoms. The molecule has 2 N–H and O–H groups in total. The predicted octanol–water partition coefficient (Wildman–Crippen LogP) is 2.88. The van der Waals surface area contributed by atoms with Gasteiger partial charge in [0, 0.05) is 19.2 Å². The Hall–Kier alpha value is -0.910. The van der Waals surface area contributed by atoms with Gasteiger partial charge in [0.25, 0.3) is 0 Å². The van der Waals surface area contributed by atoms with Crippen LogP contribution in [0.3, 0.4) is 0 Å². The average molecular weight is 302 g/mol. The number of hydrogen-bond acceptors (Lipinski definition) is 5. The van der Waals surface area contributed by atoms with E-state index in [0.717, 1.165) is 0 Å². The summed E-state index contributed by atoms with van der Waals surface area (Å²) in [5, 5.41) is 13.4. The van der Waals surface area contributed by atoms with E-state index >= 15 is 0 Å². The fourth-order valence-electron chi connectivity index (χ4n) is 1.81. The van der Waals surface area contributed by atoms with E-state index in [9.17, 15) is 5.11 Å². The normalized spacial score (nSPS) is 13.3. The van der Waals surface area contributed by atoms with Crippen LogP contribution in [0.2, 0.25) is 5.15 Å². The van der Waals surface area contributed by atoms with E-state index in [0.29, 0.717) is 43.0 Å². The van der Waals surface area contributed by atoms with Crippen LogP contribution in [-0.2, 0) is 11.3 Å². The molecule has 0 saturated carbocycles. The Kier molecular flexibility index (Phi) is 6.65. The molecule has 5 nitrogen and oxygen atoms in total. The standard InChI is InChI=1S/C14H24ClN3O2/c1-5-20-9-13-17-11(15)6-12(18-13)16-8-10(19)7-14(2,3)4/h6,10,19H,5,7-9H2,1-4H3,(H,16,17,18). The summed E-state index contributed by atoms with van der Waals surface area (Å²) in [6.07, 6.45) is 0.282. The van der Waals surface area contributed by atoms with Crippen molar-refractivity contribution in [3.05, 3.63) is 17.0 Å². The number of hydrogen-bond donors (Lipinski definition) is 2. The van der Waals surface area contributed by atoms with Gasteiger partial charge in [-0.1, -0.05) is 32.4 Å². The van der Waals surface area contributed by atoms with Gasteiger partial charge in [-0.25, -0.2) is 9.97 Å². The molecular formula is C14H24ClN3O2. The number of halogens is 1. The van der Waals surface area contributed by atoms with Gasteiger partial charge in [0.2, 0.25) is 0 Å². The maximum atomic E-state index is 9.96. The molecule has 1 unspecified atom stereocenters. The van der Waals surface area contributed by atoms with Crippen LogP contribution in [-0.4, -0.2) is 34.3 Å². The first kappa shape index (κ1) is 17.1. The van der Waals surface area contributed by atoms with Crippen LogP contribution in [0.25, 0.3) is 0 Å². The largest absolute Gasteiger partial charge is 0.391 e. The van der Waals surface area contributed by atoms with Gasteiger partial charge in [0.15, 0.2) is 5.82 Å². The molecule has 1 aromatic rings. The van der Waals surface area contributed by atoms with Crippen LogP contribution in [0, 0.1) is 5.41 Å². The van der Waals surface area contributed by atoms with Crippen molar-refractivity contribution in [1.29, 1.82) is 0 Å². The fraction of sp³-hybridized carbons (Fsp3) is 0.714. The maximum absolute atomic E-state index is 9.96. The van der Waals surface area contributed by atoms with Crippen LogP contribution in [0.5, 0.6) is 0 Å². The molecule has 1 atom stereocenters. The number of nitrogens with one attached hydrogen (secondary N) is 1. The number of aliphatic hydroxyl groups excluding tert-OH is 1. The fourth-order valence-corrected chi connectivity index (χ4v) is 2.02. The van der Waals surface area contributed by atoms with Crippen molar-refractivity contribution < 1.29 is 9.84 Å². The van der Waals surface area contributed by atoms with E-state index in [1.807, 2.05) is 6.92 Å². The minimum Gasteiger partial charge on any atom is -0.391 e. The molecule has 1 aromatic heterocycles. The van der Waals surface area contributed by atoms with Crippen LogP contribution >= 0.6 is 11.6 Å². The smallest absolute Gasteiger partial charge is 0.158 e. The van der Waals surface area contributed by atoms with Crippen LogP contribution in [0.15, 0.2) is 6.07 Å². The zero-order chi connectivity index (χ0) is 15.2. The van der Waals surface area contributed by atoms with Crippen molar-refractivity contribution in [1.82, 2.24) is 9.97 Å². The molecule has 0 saturated heterocycles. The zero-order valence-corrected chi connectivity index (χ0v) is 13.4. The monoisotopic (exact) mass is 301 g/mol. The Morgan fingerprint density at radius 1 is 1.40 bits per heavy atom. The van der Waals surface area contributed by atoms with Crippen molar-refractivity contribution >= 4 is 17.4 Å². The Labute approximate surface area is 125 Å². The van der Waals surface area contributed by atoms with Gasteiger partial charge in [-0.3, -0.25) is 0 Å². The number of aliphatic hydroxyl groups is 1. The highest BCUT2D eigenvalue weighted by Crippen LogP contribution is 2.21. The quantitative estimate of drug-likeness (QED) is 0.758. The highest BCUT2D eigenvalue weighted by atomic mass is 35.5. The lowest BCUT2D eigenvalue weighted by molar-refractivity contribution is 0.128. The van der Waals surface area contributed by atoms with Gasteiger partial charge in [0.1, 0.15) is 17.6 Å². The van der Waals surface area contributed by atoms with E-state index in [1.54, 1.807) is 6.07 Å². The van der Waals surface area contributed by atoms with Crippen LogP contribution in [0.1, 0.15) is 39.9 Å². The molecule has 1 rings (SSSR count). The topological polar surface area (TPSA) is 67.3 Å². The number of anilines is 1. The molecule has 0 fully saturated rings. The second kappa shape index (κ2) is 7.76. The highest BCUT2D eigenvalue weighted by Gasteiger charge is 2.16. The Morgan fingerprint density at radius 2 is 2.10 bits per heavy atom. The van der Waals surface area contributed by atoms with Crippen molar-refractivity contribution in [2.45, 2.75) is 46.8 Å². The summed E-state index contributed by atoms with van der Waals surface area (Å²) in [4.78, 5) is 8.38. The van der Waals surface area contributed by atoms with Gasteiger partial charge in [-0.2, -0.15) is 0 Å². The van der Waals surface area contributed by atoms with Crippen molar-refractivity contribution in [2.24, 2.45) is 5.41 Å². The maximum Gasteiger partial charge on any atom is 0.158 e. The van der Waals surface area contributed by atoms with Crippen LogP contribution < -0.4 is 5.32 Å². The Bertz CT molecular complexity index is 421. The third-order valence-corrected chi connectivity index (χ3v) is 2.74. The summed E-state index contributed by atoms with van der Waals surface area (Å²) in [5.41, 5.74) is 0.0878. The lowest BCUT2D eigenvalue weighted by atomic mass is 9.89. The first-order chi connectivity index (χ1) is 9.30. The van der Waals surface area contributed by atoms with E-state index in [2.05, 4.69) is 36.1 Å². The van der Waals surface area contributed by atoms with Crippen molar-refractivity contribution in [3.63, 3.8) is 0 Å². The lowest BCUT2D eigenvalue weighted by Crippen LogP contribution is -2.25.